The van der Waals surface area contributed by atoms with Crippen LogP contribution in [0.3, 0.4) is 0 Å². The summed E-state index contributed by atoms with van der Waals surface area (Å²) in [4.78, 5) is 8.34. The number of fused-ring (bicyclic) bond motifs is 1. The standard InChI is InChI=1S/C19H20F2N4O3/c1-8-10-4-5-25(18(10)24-19(22)23-8)14-7-11(16(27)17(14)28)15(26)9-2-3-12(20)13(21)6-9/h2-6,11,14-17,26-28H,7H2,1H3,(H2,22,23,24)/t11?,14?,15-,16?,17?/m0/s1. The quantitative estimate of drug-likeness (QED) is 0.540. The topological polar surface area (TPSA) is 117 Å². The molecule has 1 aliphatic rings. The predicted molar refractivity (Wildman–Crippen MR) is 97.2 cm³/mol. The lowest BCUT2D eigenvalue weighted by atomic mass is 9.92. The first-order valence-electron chi connectivity index (χ1n) is 8.87. The molecule has 4 rings (SSSR count). The van der Waals surface area contributed by atoms with E-state index in [1.807, 2.05) is 0 Å². The summed E-state index contributed by atoms with van der Waals surface area (Å²) in [5.41, 5.74) is 7.08. The van der Waals surface area contributed by atoms with Crippen molar-refractivity contribution in [3.8, 4) is 0 Å². The average molecular weight is 390 g/mol. The highest BCUT2D eigenvalue weighted by Gasteiger charge is 2.46. The van der Waals surface area contributed by atoms with E-state index in [0.29, 0.717) is 11.3 Å². The Morgan fingerprint density at radius 2 is 1.89 bits per heavy atom. The van der Waals surface area contributed by atoms with Crippen molar-refractivity contribution in [1.29, 1.82) is 0 Å². The van der Waals surface area contributed by atoms with Gasteiger partial charge in [-0.15, -0.1) is 0 Å². The number of aromatic nitrogens is 3. The molecule has 1 fully saturated rings. The van der Waals surface area contributed by atoms with E-state index in [1.54, 1.807) is 23.8 Å². The first kappa shape index (κ1) is 18.7. The highest BCUT2D eigenvalue weighted by atomic mass is 19.2. The van der Waals surface area contributed by atoms with E-state index in [1.165, 1.54) is 6.07 Å². The molecule has 0 amide bonds. The van der Waals surface area contributed by atoms with Gasteiger partial charge in [-0.3, -0.25) is 0 Å². The van der Waals surface area contributed by atoms with Gasteiger partial charge in [-0.2, -0.15) is 4.98 Å². The van der Waals surface area contributed by atoms with E-state index >= 15 is 0 Å². The zero-order valence-corrected chi connectivity index (χ0v) is 15.0. The van der Waals surface area contributed by atoms with E-state index in [4.69, 9.17) is 5.73 Å². The van der Waals surface area contributed by atoms with Gasteiger partial charge >= 0.3 is 0 Å². The van der Waals surface area contributed by atoms with E-state index in [9.17, 15) is 24.1 Å². The number of aryl methyl sites for hydroxylation is 1. The van der Waals surface area contributed by atoms with Gasteiger partial charge in [0.2, 0.25) is 5.95 Å². The van der Waals surface area contributed by atoms with Crippen molar-refractivity contribution in [2.45, 2.75) is 37.7 Å². The molecular formula is C19H20F2N4O3. The van der Waals surface area contributed by atoms with Crippen LogP contribution < -0.4 is 5.73 Å². The van der Waals surface area contributed by atoms with Crippen LogP contribution in [0.1, 0.15) is 29.8 Å². The lowest BCUT2D eigenvalue weighted by molar-refractivity contribution is -0.0265. The minimum absolute atomic E-state index is 0.0938. The third-order valence-corrected chi connectivity index (χ3v) is 5.52. The number of halogens is 2. The fraction of sp³-hybridized carbons (Fsp3) is 0.368. The van der Waals surface area contributed by atoms with Gasteiger partial charge in [0.15, 0.2) is 11.6 Å². The Balaban J connectivity index is 1.67. The molecular weight excluding hydrogens is 370 g/mol. The second-order valence-corrected chi connectivity index (χ2v) is 7.19. The summed E-state index contributed by atoms with van der Waals surface area (Å²) in [5.74, 6) is -2.79. The number of nitrogens with zero attached hydrogens (tertiary/aromatic N) is 3. The number of nitrogens with two attached hydrogens (primary N) is 1. The molecule has 3 aromatic rings. The maximum atomic E-state index is 13.5. The van der Waals surface area contributed by atoms with Crippen LogP contribution in [-0.2, 0) is 0 Å². The molecule has 0 bridgehead atoms. The molecule has 4 unspecified atom stereocenters. The van der Waals surface area contributed by atoms with E-state index in [2.05, 4.69) is 9.97 Å². The molecule has 9 heteroatoms. The Morgan fingerprint density at radius 1 is 1.14 bits per heavy atom. The van der Waals surface area contributed by atoms with Crippen molar-refractivity contribution in [3.63, 3.8) is 0 Å². The largest absolute Gasteiger partial charge is 0.390 e. The Bertz CT molecular complexity index is 1040. The second kappa shape index (κ2) is 6.77. The fourth-order valence-electron chi connectivity index (χ4n) is 4.05. The van der Waals surface area contributed by atoms with Crippen molar-refractivity contribution < 1.29 is 24.1 Å². The number of hydrogen-bond donors (Lipinski definition) is 4. The first-order chi connectivity index (χ1) is 13.3. The zero-order chi connectivity index (χ0) is 20.2. The SMILES string of the molecule is Cc1nc(N)nc2c1ccn2C1CC([C@@H](O)c2ccc(F)c(F)c2)C(O)C1O. The minimum atomic E-state index is -1.27. The second-order valence-electron chi connectivity index (χ2n) is 7.19. The molecule has 0 radical (unpaired) electrons. The number of aliphatic hydroxyl groups excluding tert-OH is 3. The van der Waals surface area contributed by atoms with Crippen LogP contribution in [0.25, 0.3) is 11.0 Å². The van der Waals surface area contributed by atoms with Gasteiger partial charge in [-0.05, 0) is 37.1 Å². The van der Waals surface area contributed by atoms with Crippen LogP contribution in [0, 0.1) is 24.5 Å². The molecule has 2 heterocycles. The van der Waals surface area contributed by atoms with Crippen LogP contribution in [-0.4, -0.2) is 42.1 Å². The number of aliphatic hydroxyl groups is 3. The van der Waals surface area contributed by atoms with E-state index in [0.717, 1.165) is 17.5 Å². The van der Waals surface area contributed by atoms with Crippen molar-refractivity contribution >= 4 is 17.0 Å². The normalized spacial score (nSPS) is 26.1. The Kier molecular flexibility index (Phi) is 4.53. The van der Waals surface area contributed by atoms with Gasteiger partial charge in [0, 0.05) is 17.5 Å². The van der Waals surface area contributed by atoms with Gasteiger partial charge in [0.1, 0.15) is 11.8 Å². The number of nitrogen functional groups attached to an aromatic ring is 1. The summed E-state index contributed by atoms with van der Waals surface area (Å²) in [7, 11) is 0. The molecule has 7 nitrogen and oxygen atoms in total. The molecule has 0 aliphatic heterocycles. The minimum Gasteiger partial charge on any atom is -0.390 e. The lowest BCUT2D eigenvalue weighted by Crippen LogP contribution is -2.31. The van der Waals surface area contributed by atoms with Gasteiger partial charge in [0.25, 0.3) is 0 Å². The van der Waals surface area contributed by atoms with Crippen molar-refractivity contribution in [1.82, 2.24) is 14.5 Å². The number of rotatable bonds is 3. The van der Waals surface area contributed by atoms with Gasteiger partial charge in [-0.1, -0.05) is 6.07 Å². The summed E-state index contributed by atoms with van der Waals surface area (Å²) in [5, 5.41) is 32.5. The highest BCUT2D eigenvalue weighted by Crippen LogP contribution is 2.43. The predicted octanol–water partition coefficient (Wildman–Crippen LogP) is 1.62. The van der Waals surface area contributed by atoms with Crippen LogP contribution in [0.5, 0.6) is 0 Å². The molecule has 148 valence electrons. The fourth-order valence-corrected chi connectivity index (χ4v) is 4.05. The monoisotopic (exact) mass is 390 g/mol. The van der Waals surface area contributed by atoms with Crippen molar-refractivity contribution in [2.24, 2.45) is 5.92 Å². The lowest BCUT2D eigenvalue weighted by Gasteiger charge is -2.22. The molecule has 0 spiro atoms. The summed E-state index contributed by atoms with van der Waals surface area (Å²) >= 11 is 0. The maximum absolute atomic E-state index is 13.5. The molecule has 0 saturated heterocycles. The smallest absolute Gasteiger partial charge is 0.222 e. The summed E-state index contributed by atoms with van der Waals surface area (Å²) in [6.07, 6.45) is -1.79. The van der Waals surface area contributed by atoms with Crippen LogP contribution >= 0.6 is 0 Å². The van der Waals surface area contributed by atoms with E-state index < -0.39 is 41.9 Å². The Labute approximate surface area is 159 Å². The molecule has 1 aromatic carbocycles. The highest BCUT2D eigenvalue weighted by molar-refractivity contribution is 5.79. The summed E-state index contributed by atoms with van der Waals surface area (Å²) in [6, 6.07) is 4.30. The zero-order valence-electron chi connectivity index (χ0n) is 15.0. The third-order valence-electron chi connectivity index (χ3n) is 5.52. The summed E-state index contributed by atoms with van der Waals surface area (Å²) < 4.78 is 28.4. The number of hydrogen-bond acceptors (Lipinski definition) is 6. The number of anilines is 1. The molecule has 1 aliphatic carbocycles. The summed E-state index contributed by atoms with van der Waals surface area (Å²) in [6.45, 7) is 1.79. The Morgan fingerprint density at radius 3 is 2.61 bits per heavy atom. The van der Waals surface area contributed by atoms with E-state index in [-0.39, 0.29) is 17.9 Å². The molecule has 2 aromatic heterocycles. The van der Waals surface area contributed by atoms with Crippen molar-refractivity contribution in [2.75, 3.05) is 5.73 Å². The number of benzene rings is 1. The van der Waals surface area contributed by atoms with Crippen LogP contribution in [0.15, 0.2) is 30.5 Å². The first-order valence-corrected chi connectivity index (χ1v) is 8.87. The maximum Gasteiger partial charge on any atom is 0.222 e. The molecule has 1 saturated carbocycles. The van der Waals surface area contributed by atoms with Gasteiger partial charge < -0.3 is 25.6 Å². The Hall–Kier alpha value is -2.62. The molecule has 28 heavy (non-hydrogen) atoms. The molecule has 5 atom stereocenters. The molecule has 5 N–H and O–H groups in total. The average Bonchev–Trinajstić information content (AvgIpc) is 3.19. The van der Waals surface area contributed by atoms with Gasteiger partial charge in [0.05, 0.1) is 23.9 Å². The third kappa shape index (κ3) is 2.92. The van der Waals surface area contributed by atoms with Crippen LogP contribution in [0.2, 0.25) is 0 Å². The van der Waals surface area contributed by atoms with Crippen LogP contribution in [0.4, 0.5) is 14.7 Å². The van der Waals surface area contributed by atoms with Crippen molar-refractivity contribution in [3.05, 3.63) is 53.4 Å². The van der Waals surface area contributed by atoms with Gasteiger partial charge in [-0.25, -0.2) is 13.8 Å².